The Morgan fingerprint density at radius 2 is 2.20 bits per heavy atom. The Bertz CT molecular complexity index is 318. The number of aromatic nitrogens is 1. The minimum absolute atomic E-state index is 0.395. The lowest BCUT2D eigenvalue weighted by Gasteiger charge is -2.10. The quantitative estimate of drug-likeness (QED) is 0.812. The van der Waals surface area contributed by atoms with E-state index < -0.39 is 13.0 Å². The zero-order valence-electron chi connectivity index (χ0n) is 8.54. The van der Waals surface area contributed by atoms with Gasteiger partial charge in [-0.25, -0.2) is 8.78 Å². The zero-order valence-corrected chi connectivity index (χ0v) is 8.54. The van der Waals surface area contributed by atoms with Crippen LogP contribution in [0.3, 0.4) is 0 Å². The molecule has 1 aromatic rings. The van der Waals surface area contributed by atoms with Gasteiger partial charge in [-0.1, -0.05) is 0 Å². The Morgan fingerprint density at radius 1 is 1.47 bits per heavy atom. The highest BCUT2D eigenvalue weighted by Gasteiger charge is 2.08. The maximum Gasteiger partial charge on any atom is 0.272 e. The van der Waals surface area contributed by atoms with Crippen molar-refractivity contribution in [2.75, 3.05) is 13.2 Å². The standard InChI is InChI=1S/C10H14F2N2O/c1-7-2-3-9(15-6-10(11)12)8(14-7)4-5-13/h2-3,10H,4-6,13H2,1H3. The van der Waals surface area contributed by atoms with Gasteiger partial charge in [0.15, 0.2) is 0 Å². The predicted molar refractivity (Wildman–Crippen MR) is 53.2 cm³/mol. The van der Waals surface area contributed by atoms with E-state index in [-0.39, 0.29) is 0 Å². The van der Waals surface area contributed by atoms with Crippen LogP contribution in [0.2, 0.25) is 0 Å². The second-order valence-corrected chi connectivity index (χ2v) is 3.14. The summed E-state index contributed by atoms with van der Waals surface area (Å²) in [5.41, 5.74) is 6.85. The van der Waals surface area contributed by atoms with Crippen LogP contribution >= 0.6 is 0 Å². The molecule has 0 aromatic carbocycles. The number of hydrogen-bond donors (Lipinski definition) is 1. The lowest BCUT2D eigenvalue weighted by molar-refractivity contribution is 0.0812. The molecule has 0 spiro atoms. The second-order valence-electron chi connectivity index (χ2n) is 3.14. The predicted octanol–water partition coefficient (Wildman–Crippen LogP) is 1.54. The van der Waals surface area contributed by atoms with E-state index in [4.69, 9.17) is 10.5 Å². The second kappa shape index (κ2) is 5.60. The number of rotatable bonds is 5. The van der Waals surface area contributed by atoms with Gasteiger partial charge in [0.05, 0.1) is 5.69 Å². The highest BCUT2D eigenvalue weighted by atomic mass is 19.3. The highest BCUT2D eigenvalue weighted by molar-refractivity contribution is 5.29. The van der Waals surface area contributed by atoms with E-state index in [9.17, 15) is 8.78 Å². The number of aryl methyl sites for hydroxylation is 1. The third-order valence-electron chi connectivity index (χ3n) is 1.82. The van der Waals surface area contributed by atoms with Crippen molar-refractivity contribution in [2.24, 2.45) is 5.73 Å². The molecule has 0 aliphatic rings. The SMILES string of the molecule is Cc1ccc(OCC(F)F)c(CCN)n1. The third kappa shape index (κ3) is 3.79. The van der Waals surface area contributed by atoms with Crippen molar-refractivity contribution in [3.8, 4) is 5.75 Å². The first-order valence-corrected chi connectivity index (χ1v) is 4.71. The number of nitrogens with zero attached hydrogens (tertiary/aromatic N) is 1. The van der Waals surface area contributed by atoms with E-state index in [2.05, 4.69) is 4.98 Å². The van der Waals surface area contributed by atoms with Gasteiger partial charge >= 0.3 is 0 Å². The lowest BCUT2D eigenvalue weighted by atomic mass is 10.2. The van der Waals surface area contributed by atoms with E-state index in [1.54, 1.807) is 12.1 Å². The fourth-order valence-corrected chi connectivity index (χ4v) is 1.20. The van der Waals surface area contributed by atoms with Gasteiger partial charge in [-0.2, -0.15) is 0 Å². The van der Waals surface area contributed by atoms with Gasteiger partial charge in [-0.3, -0.25) is 4.98 Å². The summed E-state index contributed by atoms with van der Waals surface area (Å²) in [6, 6.07) is 3.37. The molecule has 1 heterocycles. The molecule has 15 heavy (non-hydrogen) atoms. The van der Waals surface area contributed by atoms with Crippen LogP contribution in [0, 0.1) is 6.92 Å². The molecule has 3 nitrogen and oxygen atoms in total. The molecule has 0 aliphatic carbocycles. The average molecular weight is 216 g/mol. The van der Waals surface area contributed by atoms with Gasteiger partial charge in [0, 0.05) is 12.1 Å². The van der Waals surface area contributed by atoms with Crippen molar-refractivity contribution in [1.29, 1.82) is 0 Å². The van der Waals surface area contributed by atoms with Crippen molar-refractivity contribution >= 4 is 0 Å². The molecule has 84 valence electrons. The molecule has 0 amide bonds. The molecule has 1 aromatic heterocycles. The molecule has 0 bridgehead atoms. The van der Waals surface area contributed by atoms with E-state index >= 15 is 0 Å². The number of hydrogen-bond acceptors (Lipinski definition) is 3. The van der Waals surface area contributed by atoms with Crippen LogP contribution in [0.1, 0.15) is 11.4 Å². The van der Waals surface area contributed by atoms with Crippen molar-refractivity contribution in [2.45, 2.75) is 19.8 Å². The van der Waals surface area contributed by atoms with E-state index in [0.29, 0.717) is 24.4 Å². The Morgan fingerprint density at radius 3 is 2.80 bits per heavy atom. The highest BCUT2D eigenvalue weighted by Crippen LogP contribution is 2.17. The van der Waals surface area contributed by atoms with Crippen LogP contribution in [0.25, 0.3) is 0 Å². The monoisotopic (exact) mass is 216 g/mol. The summed E-state index contributed by atoms with van der Waals surface area (Å²) in [5, 5.41) is 0. The summed E-state index contributed by atoms with van der Waals surface area (Å²) in [4.78, 5) is 4.19. The maximum absolute atomic E-state index is 11.9. The number of nitrogens with two attached hydrogens (primary N) is 1. The minimum atomic E-state index is -2.47. The zero-order chi connectivity index (χ0) is 11.3. The fourth-order valence-electron chi connectivity index (χ4n) is 1.20. The smallest absolute Gasteiger partial charge is 0.272 e. The molecule has 2 N–H and O–H groups in total. The van der Waals surface area contributed by atoms with Crippen LogP contribution in [0.5, 0.6) is 5.75 Å². The fraction of sp³-hybridized carbons (Fsp3) is 0.500. The molecule has 0 fully saturated rings. The van der Waals surface area contributed by atoms with Crippen LogP contribution in [-0.4, -0.2) is 24.6 Å². The van der Waals surface area contributed by atoms with E-state index in [1.165, 1.54) is 0 Å². The number of alkyl halides is 2. The van der Waals surface area contributed by atoms with E-state index in [0.717, 1.165) is 5.69 Å². The van der Waals surface area contributed by atoms with Crippen LogP contribution in [-0.2, 0) is 6.42 Å². The first kappa shape index (κ1) is 11.8. The normalized spacial score (nSPS) is 10.7. The molecule has 1 rings (SSSR count). The molecule has 0 atom stereocenters. The van der Waals surface area contributed by atoms with Crippen molar-refractivity contribution in [3.05, 3.63) is 23.5 Å². The van der Waals surface area contributed by atoms with Gasteiger partial charge in [0.25, 0.3) is 6.43 Å². The Hall–Kier alpha value is -1.23. The summed E-state index contributed by atoms with van der Waals surface area (Å²) in [7, 11) is 0. The van der Waals surface area contributed by atoms with Gasteiger partial charge in [-0.15, -0.1) is 0 Å². The maximum atomic E-state index is 11.9. The molecule has 0 saturated heterocycles. The van der Waals surface area contributed by atoms with Crippen molar-refractivity contribution in [3.63, 3.8) is 0 Å². The summed E-state index contributed by atoms with van der Waals surface area (Å²) in [6.45, 7) is 1.64. The first-order valence-electron chi connectivity index (χ1n) is 4.71. The summed E-state index contributed by atoms with van der Waals surface area (Å²) in [6.07, 6.45) is -1.95. The Kier molecular flexibility index (Phi) is 4.42. The molecule has 0 aliphatic heterocycles. The Balaban J connectivity index is 2.76. The van der Waals surface area contributed by atoms with Crippen LogP contribution in [0.4, 0.5) is 8.78 Å². The Labute approximate surface area is 87.3 Å². The average Bonchev–Trinajstić information content (AvgIpc) is 2.17. The van der Waals surface area contributed by atoms with Gasteiger partial charge in [0.1, 0.15) is 12.4 Å². The minimum Gasteiger partial charge on any atom is -0.486 e. The van der Waals surface area contributed by atoms with Gasteiger partial charge in [-0.05, 0) is 25.6 Å². The topological polar surface area (TPSA) is 48.1 Å². The van der Waals surface area contributed by atoms with Crippen LogP contribution in [0.15, 0.2) is 12.1 Å². The number of ether oxygens (including phenoxy) is 1. The summed E-state index contributed by atoms with van der Waals surface area (Å²) < 4.78 is 28.8. The van der Waals surface area contributed by atoms with E-state index in [1.807, 2.05) is 6.92 Å². The number of pyridine rings is 1. The molecular weight excluding hydrogens is 202 g/mol. The first-order chi connectivity index (χ1) is 7.13. The molecule has 0 saturated carbocycles. The molecule has 5 heteroatoms. The van der Waals surface area contributed by atoms with Gasteiger partial charge < -0.3 is 10.5 Å². The summed E-state index contributed by atoms with van der Waals surface area (Å²) in [5.74, 6) is 0.395. The summed E-state index contributed by atoms with van der Waals surface area (Å²) >= 11 is 0. The third-order valence-corrected chi connectivity index (χ3v) is 1.82. The van der Waals surface area contributed by atoms with Gasteiger partial charge in [0.2, 0.25) is 0 Å². The molecule has 0 unspecified atom stereocenters. The molecule has 0 radical (unpaired) electrons. The lowest BCUT2D eigenvalue weighted by Crippen LogP contribution is -2.11. The number of halogens is 2. The van der Waals surface area contributed by atoms with Crippen LogP contribution < -0.4 is 10.5 Å². The molecular formula is C10H14F2N2O. The van der Waals surface area contributed by atoms with Crippen molar-refractivity contribution in [1.82, 2.24) is 4.98 Å². The largest absolute Gasteiger partial charge is 0.486 e. The van der Waals surface area contributed by atoms with Crippen molar-refractivity contribution < 1.29 is 13.5 Å².